The fourth-order valence-corrected chi connectivity index (χ4v) is 5.30. The first-order valence-electron chi connectivity index (χ1n) is 13.9. The van der Waals surface area contributed by atoms with Gasteiger partial charge in [-0.25, -0.2) is 4.98 Å². The van der Waals surface area contributed by atoms with E-state index in [1.54, 1.807) is 0 Å². The van der Waals surface area contributed by atoms with Gasteiger partial charge in [0.25, 0.3) is 0 Å². The molecule has 0 spiro atoms. The number of rotatable bonds is 10. The van der Waals surface area contributed by atoms with Gasteiger partial charge in [-0.3, -0.25) is 14.7 Å². The molecule has 1 saturated carbocycles. The SMILES string of the molecule is CC.Cc1cnc(C2CC2)c(C(C(=O)O)N2CCC(OCCCCc3ccc4c(n3)NCCC4)C2)c1. The number of carboxylic acid groups (broad SMARTS) is 1. The Hall–Kier alpha value is -2.51. The Bertz CT molecular complexity index is 1020. The lowest BCUT2D eigenvalue weighted by Gasteiger charge is -2.26. The predicted octanol–water partition coefficient (Wildman–Crippen LogP) is 5.29. The minimum absolute atomic E-state index is 0.0927. The number of aliphatic carboxylic acids is 1. The van der Waals surface area contributed by atoms with E-state index in [0.29, 0.717) is 19.1 Å². The number of likely N-dealkylation sites (tertiary alicyclic amines) is 1. The number of nitrogens with one attached hydrogen (secondary N) is 1. The minimum Gasteiger partial charge on any atom is -0.480 e. The van der Waals surface area contributed by atoms with Gasteiger partial charge in [-0.05, 0) is 75.5 Å². The molecule has 2 fully saturated rings. The van der Waals surface area contributed by atoms with Crippen molar-refractivity contribution in [3.05, 3.63) is 52.5 Å². The van der Waals surface area contributed by atoms with Crippen LogP contribution in [0.25, 0.3) is 0 Å². The van der Waals surface area contributed by atoms with Gasteiger partial charge in [0.15, 0.2) is 0 Å². The number of carbonyl (C=O) groups is 1. The van der Waals surface area contributed by atoms with Crippen molar-refractivity contribution in [1.82, 2.24) is 14.9 Å². The van der Waals surface area contributed by atoms with Crippen LogP contribution in [-0.2, 0) is 22.4 Å². The summed E-state index contributed by atoms with van der Waals surface area (Å²) < 4.78 is 6.16. The normalized spacial score (nSPS) is 20.1. The summed E-state index contributed by atoms with van der Waals surface area (Å²) in [5, 5.41) is 13.5. The van der Waals surface area contributed by atoms with E-state index in [9.17, 15) is 9.90 Å². The zero-order valence-electron chi connectivity index (χ0n) is 22.1. The molecule has 7 heteroatoms. The van der Waals surface area contributed by atoms with E-state index < -0.39 is 12.0 Å². The van der Waals surface area contributed by atoms with Gasteiger partial charge in [0.2, 0.25) is 0 Å². The van der Waals surface area contributed by atoms with E-state index in [1.807, 2.05) is 33.0 Å². The smallest absolute Gasteiger partial charge is 0.325 e. The van der Waals surface area contributed by atoms with E-state index in [4.69, 9.17) is 9.72 Å². The third-order valence-corrected chi connectivity index (χ3v) is 7.25. The van der Waals surface area contributed by atoms with E-state index in [0.717, 1.165) is 86.4 Å². The third-order valence-electron chi connectivity index (χ3n) is 7.25. The first-order valence-corrected chi connectivity index (χ1v) is 13.9. The van der Waals surface area contributed by atoms with Gasteiger partial charge in [-0.2, -0.15) is 0 Å². The topological polar surface area (TPSA) is 87.6 Å². The molecule has 2 atom stereocenters. The lowest BCUT2D eigenvalue weighted by molar-refractivity contribution is -0.143. The molecule has 2 N–H and O–H groups in total. The number of ether oxygens (including phenoxy) is 1. The monoisotopic (exact) mass is 494 g/mol. The highest BCUT2D eigenvalue weighted by atomic mass is 16.5. The number of aromatic nitrogens is 2. The van der Waals surface area contributed by atoms with Gasteiger partial charge in [0.05, 0.1) is 6.10 Å². The molecule has 0 bridgehead atoms. The second kappa shape index (κ2) is 12.6. The highest BCUT2D eigenvalue weighted by molar-refractivity contribution is 5.76. The van der Waals surface area contributed by atoms with Crippen LogP contribution in [0.5, 0.6) is 0 Å². The molecule has 5 rings (SSSR count). The Balaban J connectivity index is 0.00000148. The van der Waals surface area contributed by atoms with Crippen molar-refractivity contribution in [3.8, 4) is 0 Å². The molecular weight excluding hydrogens is 452 g/mol. The number of pyridine rings is 2. The molecule has 4 heterocycles. The van der Waals surface area contributed by atoms with Gasteiger partial charge < -0.3 is 15.2 Å². The third kappa shape index (κ3) is 6.62. The molecule has 196 valence electrons. The maximum absolute atomic E-state index is 12.3. The molecule has 7 nitrogen and oxygen atoms in total. The summed E-state index contributed by atoms with van der Waals surface area (Å²) in [4.78, 5) is 23.8. The predicted molar refractivity (Wildman–Crippen MR) is 143 cm³/mol. The molecule has 2 aromatic rings. The number of unbranched alkanes of at least 4 members (excludes halogenated alkanes) is 1. The van der Waals surface area contributed by atoms with Gasteiger partial charge >= 0.3 is 5.97 Å². The highest BCUT2D eigenvalue weighted by Gasteiger charge is 2.38. The molecule has 0 radical (unpaired) electrons. The molecule has 0 amide bonds. The average molecular weight is 495 g/mol. The lowest BCUT2D eigenvalue weighted by atomic mass is 9.99. The van der Waals surface area contributed by atoms with Crippen molar-refractivity contribution >= 4 is 11.8 Å². The Morgan fingerprint density at radius 2 is 2.08 bits per heavy atom. The molecule has 3 aliphatic rings. The number of carboxylic acids is 1. The number of aryl methyl sites for hydroxylation is 3. The summed E-state index contributed by atoms with van der Waals surface area (Å²) in [7, 11) is 0. The fraction of sp³-hybridized carbons (Fsp3) is 0.621. The van der Waals surface area contributed by atoms with E-state index in [2.05, 4.69) is 27.3 Å². The second-order valence-corrected chi connectivity index (χ2v) is 10.1. The molecular formula is C29H42N4O3. The van der Waals surface area contributed by atoms with Crippen molar-refractivity contribution in [2.75, 3.05) is 31.6 Å². The first-order chi connectivity index (χ1) is 17.6. The van der Waals surface area contributed by atoms with Crippen LogP contribution in [0, 0.1) is 6.92 Å². The van der Waals surface area contributed by atoms with Crippen LogP contribution in [-0.4, -0.2) is 58.3 Å². The van der Waals surface area contributed by atoms with Crippen LogP contribution in [0.4, 0.5) is 5.82 Å². The van der Waals surface area contributed by atoms with Crippen molar-refractivity contribution in [3.63, 3.8) is 0 Å². The van der Waals surface area contributed by atoms with Crippen molar-refractivity contribution in [2.45, 2.75) is 90.2 Å². The van der Waals surface area contributed by atoms with Crippen molar-refractivity contribution < 1.29 is 14.6 Å². The molecule has 2 aromatic heterocycles. The summed E-state index contributed by atoms with van der Waals surface area (Å²) in [6.45, 7) is 9.11. The quantitative estimate of drug-likeness (QED) is 0.434. The van der Waals surface area contributed by atoms with Crippen molar-refractivity contribution in [2.24, 2.45) is 0 Å². The number of fused-ring (bicyclic) bond motifs is 1. The Labute approximate surface area is 215 Å². The van der Waals surface area contributed by atoms with E-state index >= 15 is 0 Å². The Morgan fingerprint density at radius 1 is 1.25 bits per heavy atom. The van der Waals surface area contributed by atoms with Crippen molar-refractivity contribution in [1.29, 1.82) is 0 Å². The molecule has 0 aromatic carbocycles. The van der Waals surface area contributed by atoms with Gasteiger partial charge in [-0.15, -0.1) is 0 Å². The Kier molecular flexibility index (Phi) is 9.32. The summed E-state index contributed by atoms with van der Waals surface area (Å²) in [5.41, 5.74) is 5.34. The minimum atomic E-state index is -0.790. The van der Waals surface area contributed by atoms with Crippen LogP contribution < -0.4 is 5.32 Å². The fourth-order valence-electron chi connectivity index (χ4n) is 5.30. The number of nitrogens with zero attached hydrogens (tertiary/aromatic N) is 3. The van der Waals surface area contributed by atoms with Crippen LogP contribution >= 0.6 is 0 Å². The molecule has 2 unspecified atom stereocenters. The van der Waals surface area contributed by atoms with Crippen LogP contribution in [0.15, 0.2) is 24.4 Å². The largest absolute Gasteiger partial charge is 0.480 e. The highest BCUT2D eigenvalue weighted by Crippen LogP contribution is 2.43. The van der Waals surface area contributed by atoms with Gasteiger partial charge in [-0.1, -0.05) is 26.0 Å². The maximum atomic E-state index is 12.3. The van der Waals surface area contributed by atoms with E-state index in [1.165, 1.54) is 12.0 Å². The number of anilines is 1. The standard InChI is InChI=1S/C27H36N4O3.C2H6/c1-18-15-23(24(29-16-18)19-7-8-19)25(27(32)33)31-13-11-22(17-31)34-14-3-2-6-21-10-9-20-5-4-12-28-26(20)30-21;1-2/h9-10,15-16,19,22,25H,2-8,11-14,17H2,1H3,(H,28,30)(H,32,33);1-2H3. The summed E-state index contributed by atoms with van der Waals surface area (Å²) in [6.07, 6.45) is 10.3. The summed E-state index contributed by atoms with van der Waals surface area (Å²) >= 11 is 0. The molecule has 2 aliphatic heterocycles. The second-order valence-electron chi connectivity index (χ2n) is 10.1. The first kappa shape index (κ1) is 26.6. The van der Waals surface area contributed by atoms with Crippen LogP contribution in [0.3, 0.4) is 0 Å². The van der Waals surface area contributed by atoms with Crippen LogP contribution in [0.1, 0.15) is 92.4 Å². The lowest BCUT2D eigenvalue weighted by Crippen LogP contribution is -2.34. The summed E-state index contributed by atoms with van der Waals surface area (Å²) in [5.74, 6) is 0.696. The average Bonchev–Trinajstić information content (AvgIpc) is 3.63. The zero-order chi connectivity index (χ0) is 25.5. The maximum Gasteiger partial charge on any atom is 0.325 e. The molecule has 36 heavy (non-hydrogen) atoms. The van der Waals surface area contributed by atoms with Crippen LogP contribution in [0.2, 0.25) is 0 Å². The zero-order valence-corrected chi connectivity index (χ0v) is 22.1. The number of hydrogen-bond donors (Lipinski definition) is 2. The van der Waals surface area contributed by atoms with E-state index in [-0.39, 0.29) is 6.10 Å². The van der Waals surface area contributed by atoms with Gasteiger partial charge in [0, 0.05) is 55.3 Å². The number of hydrogen-bond acceptors (Lipinski definition) is 6. The Morgan fingerprint density at radius 3 is 2.86 bits per heavy atom. The summed E-state index contributed by atoms with van der Waals surface area (Å²) in [6, 6.07) is 5.76. The molecule has 1 aliphatic carbocycles. The molecule has 1 saturated heterocycles. The van der Waals surface area contributed by atoms with Gasteiger partial charge in [0.1, 0.15) is 11.9 Å².